The Hall–Kier alpha value is -2.15. The van der Waals surface area contributed by atoms with Crippen LogP contribution in [-0.2, 0) is 28.9 Å². The number of rotatable bonds is 12. The monoisotopic (exact) mass is 413 g/mol. The third kappa shape index (κ3) is 8.01. The number of benzene rings is 2. The summed E-state index contributed by atoms with van der Waals surface area (Å²) in [5.74, 6) is -0.323. The smallest absolute Gasteiger partial charge is 0.237 e. The Morgan fingerprint density at radius 2 is 1.52 bits per heavy atom. The molecule has 0 saturated carbocycles. The summed E-state index contributed by atoms with van der Waals surface area (Å²) in [5.41, 5.74) is 15.3. The summed E-state index contributed by atoms with van der Waals surface area (Å²) < 4.78 is 0. The molecule has 0 unspecified atom stereocenters. The molecule has 1 amide bonds. The lowest BCUT2D eigenvalue weighted by Crippen LogP contribution is -2.47. The molecule has 6 heteroatoms. The van der Waals surface area contributed by atoms with Gasteiger partial charge in [0.1, 0.15) is 0 Å². The fourth-order valence-corrected chi connectivity index (χ4v) is 3.46. The van der Waals surface area contributed by atoms with E-state index in [1.54, 1.807) is 0 Å². The highest BCUT2D eigenvalue weighted by molar-refractivity contribution is 7.96. The van der Waals surface area contributed by atoms with Gasteiger partial charge in [-0.05, 0) is 61.8 Å². The molecule has 0 bridgehead atoms. The van der Waals surface area contributed by atoms with E-state index in [4.69, 9.17) is 11.5 Å². The van der Waals surface area contributed by atoms with Crippen LogP contribution in [0.15, 0.2) is 54.6 Å². The average molecular weight is 414 g/mol. The molecule has 0 spiro atoms. The van der Waals surface area contributed by atoms with E-state index in [1.807, 2.05) is 18.2 Å². The minimum Gasteiger partial charge on any atom is -0.344 e. The molecule has 0 aliphatic carbocycles. The van der Waals surface area contributed by atoms with Crippen molar-refractivity contribution in [3.8, 4) is 0 Å². The fraction of sp³-hybridized carbons (Fsp3) is 0.391. The average Bonchev–Trinajstić information content (AvgIpc) is 2.74. The number of thiol groups is 1. The van der Waals surface area contributed by atoms with Gasteiger partial charge >= 0.3 is 0 Å². The molecule has 2 aromatic carbocycles. The predicted octanol–water partition coefficient (Wildman–Crippen LogP) is 2.41. The lowest BCUT2D eigenvalue weighted by Gasteiger charge is -2.19. The van der Waals surface area contributed by atoms with Crippen molar-refractivity contribution < 1.29 is 9.59 Å². The van der Waals surface area contributed by atoms with Crippen LogP contribution in [-0.4, -0.2) is 29.7 Å². The van der Waals surface area contributed by atoms with Crippen LogP contribution in [0.25, 0.3) is 0 Å². The third-order valence-electron chi connectivity index (χ3n) is 5.02. The molecule has 2 atom stereocenters. The van der Waals surface area contributed by atoms with E-state index in [2.05, 4.69) is 54.3 Å². The van der Waals surface area contributed by atoms with E-state index in [9.17, 15) is 9.59 Å². The van der Waals surface area contributed by atoms with Crippen molar-refractivity contribution in [2.45, 2.75) is 50.6 Å². The van der Waals surface area contributed by atoms with Gasteiger partial charge in [-0.2, -0.15) is 0 Å². The second-order valence-corrected chi connectivity index (χ2v) is 7.67. The molecule has 0 aromatic heterocycles. The number of amides is 1. The van der Waals surface area contributed by atoms with Crippen molar-refractivity contribution in [2.24, 2.45) is 11.5 Å². The van der Waals surface area contributed by atoms with Crippen LogP contribution in [0.3, 0.4) is 0 Å². The van der Waals surface area contributed by atoms with Crippen molar-refractivity contribution in [2.75, 3.05) is 6.54 Å². The number of nitrogens with one attached hydrogen (secondary N) is 1. The van der Waals surface area contributed by atoms with Crippen molar-refractivity contribution in [3.05, 3.63) is 71.3 Å². The maximum atomic E-state index is 12.4. The molecular formula is C23H31N3O2S. The number of nitrogens with two attached hydrogens (primary N) is 2. The Balaban J connectivity index is 1.89. The number of carbonyl (C=O) groups is 2. The molecule has 0 saturated heterocycles. The number of hydrogen-bond donors (Lipinski definition) is 4. The topological polar surface area (TPSA) is 98.2 Å². The summed E-state index contributed by atoms with van der Waals surface area (Å²) >= 11 is 3.85. The first kappa shape index (κ1) is 23.1. The van der Waals surface area contributed by atoms with Gasteiger partial charge in [-0.15, -0.1) is 12.6 Å². The van der Waals surface area contributed by atoms with Crippen molar-refractivity contribution in [3.63, 3.8) is 0 Å². The first-order valence-electron chi connectivity index (χ1n) is 10.1. The highest BCUT2D eigenvalue weighted by Gasteiger charge is 2.21. The summed E-state index contributed by atoms with van der Waals surface area (Å²) in [6.45, 7) is 0.458. The second kappa shape index (κ2) is 12.4. The van der Waals surface area contributed by atoms with Gasteiger partial charge in [-0.3, -0.25) is 9.59 Å². The summed E-state index contributed by atoms with van der Waals surface area (Å²) in [6.07, 6.45) is 4.25. The molecular weight excluding hydrogens is 382 g/mol. The number of carbonyl (C=O) groups excluding carboxylic acids is 2. The Bertz CT molecular complexity index is 783. The standard InChI is InChI=1S/C23H31N3O2S/c24-16-6-11-21(23(28)29)26-22(27)20(25)15-14-19-10-5-4-9-18(19)13-12-17-7-2-1-3-8-17/h1-5,7-10,20-21H,6,11-16,24-25H2,(H,26,27)(H,28,29)/t20-,21-/m0/s1. The van der Waals surface area contributed by atoms with Gasteiger partial charge < -0.3 is 16.8 Å². The minimum atomic E-state index is -0.676. The number of aryl methyl sites for hydroxylation is 3. The molecule has 5 N–H and O–H groups in total. The van der Waals surface area contributed by atoms with Gasteiger partial charge in [-0.25, -0.2) is 0 Å². The molecule has 0 heterocycles. The lowest BCUT2D eigenvalue weighted by molar-refractivity contribution is -0.125. The first-order valence-corrected chi connectivity index (χ1v) is 10.6. The third-order valence-corrected chi connectivity index (χ3v) is 5.33. The molecule has 156 valence electrons. The fourth-order valence-electron chi connectivity index (χ4n) is 3.27. The summed E-state index contributed by atoms with van der Waals surface area (Å²) in [4.78, 5) is 24.0. The highest BCUT2D eigenvalue weighted by Crippen LogP contribution is 2.15. The Morgan fingerprint density at radius 1 is 0.897 bits per heavy atom. The van der Waals surface area contributed by atoms with Crippen LogP contribution >= 0.6 is 12.6 Å². The van der Waals surface area contributed by atoms with Crippen molar-refractivity contribution in [1.82, 2.24) is 5.32 Å². The van der Waals surface area contributed by atoms with Crippen LogP contribution in [0.2, 0.25) is 0 Å². The summed E-state index contributed by atoms with van der Waals surface area (Å²) in [7, 11) is 0. The molecule has 29 heavy (non-hydrogen) atoms. The molecule has 2 rings (SSSR count). The zero-order valence-corrected chi connectivity index (χ0v) is 17.6. The van der Waals surface area contributed by atoms with Crippen LogP contribution in [0.4, 0.5) is 0 Å². The van der Waals surface area contributed by atoms with E-state index < -0.39 is 12.1 Å². The number of hydrogen-bond acceptors (Lipinski definition) is 4. The van der Waals surface area contributed by atoms with Crippen LogP contribution in [0, 0.1) is 0 Å². The van der Waals surface area contributed by atoms with Gasteiger partial charge in [0.25, 0.3) is 0 Å². The quantitative estimate of drug-likeness (QED) is 0.402. The molecule has 2 aromatic rings. The van der Waals surface area contributed by atoms with E-state index in [1.165, 1.54) is 16.7 Å². The Morgan fingerprint density at radius 3 is 2.14 bits per heavy atom. The first-order chi connectivity index (χ1) is 14.0. The van der Waals surface area contributed by atoms with Gasteiger partial charge in [0.2, 0.25) is 11.0 Å². The molecule has 0 fully saturated rings. The molecule has 0 radical (unpaired) electrons. The van der Waals surface area contributed by atoms with E-state index in [-0.39, 0.29) is 11.0 Å². The van der Waals surface area contributed by atoms with Crippen LogP contribution < -0.4 is 16.8 Å². The Kier molecular flexibility index (Phi) is 9.91. The van der Waals surface area contributed by atoms with Crippen molar-refractivity contribution >= 4 is 23.7 Å². The predicted molar refractivity (Wildman–Crippen MR) is 121 cm³/mol. The normalized spacial score (nSPS) is 12.9. The van der Waals surface area contributed by atoms with Gasteiger partial charge in [0, 0.05) is 0 Å². The maximum absolute atomic E-state index is 12.4. The highest BCUT2D eigenvalue weighted by atomic mass is 32.1. The van der Waals surface area contributed by atoms with Crippen LogP contribution in [0.5, 0.6) is 0 Å². The SMILES string of the molecule is NCCC[C@H](NC(=O)[C@@H](N)CCc1ccccc1CCc1ccccc1)C(=O)S. The van der Waals surface area contributed by atoms with Gasteiger partial charge in [-0.1, -0.05) is 54.6 Å². The Labute approximate surface area is 178 Å². The summed E-state index contributed by atoms with van der Waals surface area (Å²) in [5, 5.41) is 2.33. The molecule has 5 nitrogen and oxygen atoms in total. The lowest BCUT2D eigenvalue weighted by atomic mass is 9.95. The molecule has 0 aliphatic heterocycles. The van der Waals surface area contributed by atoms with Crippen molar-refractivity contribution in [1.29, 1.82) is 0 Å². The minimum absolute atomic E-state index is 0.323. The van der Waals surface area contributed by atoms with Gasteiger partial charge in [0.15, 0.2) is 0 Å². The van der Waals surface area contributed by atoms with Crippen LogP contribution in [0.1, 0.15) is 36.0 Å². The zero-order valence-electron chi connectivity index (χ0n) is 16.7. The van der Waals surface area contributed by atoms with E-state index in [0.717, 1.165) is 12.8 Å². The molecule has 0 aliphatic rings. The van der Waals surface area contributed by atoms with E-state index in [0.29, 0.717) is 32.2 Å². The van der Waals surface area contributed by atoms with E-state index >= 15 is 0 Å². The second-order valence-electron chi connectivity index (χ2n) is 7.23. The summed E-state index contributed by atoms with van der Waals surface area (Å²) in [6, 6.07) is 17.3. The largest absolute Gasteiger partial charge is 0.344 e. The van der Waals surface area contributed by atoms with Gasteiger partial charge in [0.05, 0.1) is 12.1 Å². The maximum Gasteiger partial charge on any atom is 0.237 e. The zero-order chi connectivity index (χ0) is 21.1.